The summed E-state index contributed by atoms with van der Waals surface area (Å²) in [6.07, 6.45) is 0. The van der Waals surface area contributed by atoms with Gasteiger partial charge >= 0.3 is 0 Å². The highest BCUT2D eigenvalue weighted by molar-refractivity contribution is 6.18. The van der Waals surface area contributed by atoms with Crippen LogP contribution < -0.4 is 9.47 Å². The van der Waals surface area contributed by atoms with Crippen molar-refractivity contribution >= 4 is 32.9 Å². The Balaban J connectivity index is 1.47. The van der Waals surface area contributed by atoms with E-state index in [0.717, 1.165) is 55.5 Å². The van der Waals surface area contributed by atoms with Crippen molar-refractivity contribution in [1.82, 2.24) is 0 Å². The second-order valence-electron chi connectivity index (χ2n) is 7.83. The summed E-state index contributed by atoms with van der Waals surface area (Å²) in [5.41, 5.74) is 3.98. The zero-order valence-corrected chi connectivity index (χ0v) is 17.4. The molecule has 1 heterocycles. The molecule has 0 bridgehead atoms. The maximum Gasteiger partial charge on any atom is 0.130 e. The molecule has 1 aliphatic heterocycles. The Morgan fingerprint density at radius 1 is 0.562 bits per heavy atom. The zero-order chi connectivity index (χ0) is 21.3. The average Bonchev–Trinajstić information content (AvgIpc) is 3.29. The minimum absolute atomic E-state index is 0.483. The Labute approximate surface area is 185 Å². The van der Waals surface area contributed by atoms with Crippen molar-refractivity contribution in [1.29, 1.82) is 0 Å². The SMILES string of the molecule is c1ccc(COc2ccc(OCc3ccccc3)c3c4c5c(cccc5cc23)N=N4)cc1. The van der Waals surface area contributed by atoms with Gasteiger partial charge in [-0.25, -0.2) is 0 Å². The molecule has 32 heavy (non-hydrogen) atoms. The van der Waals surface area contributed by atoms with Crippen LogP contribution in [-0.2, 0) is 13.2 Å². The van der Waals surface area contributed by atoms with Gasteiger partial charge in [-0.1, -0.05) is 72.8 Å². The molecule has 154 valence electrons. The fraction of sp³-hybridized carbons (Fsp3) is 0.0714. The molecule has 1 aliphatic rings. The van der Waals surface area contributed by atoms with Gasteiger partial charge in [-0.15, -0.1) is 10.2 Å². The van der Waals surface area contributed by atoms with Crippen LogP contribution in [0.5, 0.6) is 11.5 Å². The summed E-state index contributed by atoms with van der Waals surface area (Å²) >= 11 is 0. The maximum absolute atomic E-state index is 6.28. The Kier molecular flexibility index (Phi) is 4.54. The van der Waals surface area contributed by atoms with E-state index < -0.39 is 0 Å². The van der Waals surface area contributed by atoms with Crippen molar-refractivity contribution in [2.45, 2.75) is 13.2 Å². The highest BCUT2D eigenvalue weighted by Gasteiger charge is 2.21. The molecule has 0 atom stereocenters. The highest BCUT2D eigenvalue weighted by atomic mass is 16.5. The zero-order valence-electron chi connectivity index (χ0n) is 17.4. The van der Waals surface area contributed by atoms with Crippen LogP contribution >= 0.6 is 0 Å². The summed E-state index contributed by atoms with van der Waals surface area (Å²) in [5.74, 6) is 1.59. The van der Waals surface area contributed by atoms with Crippen LogP contribution in [0.2, 0.25) is 0 Å². The molecule has 0 spiro atoms. The molecule has 0 aliphatic carbocycles. The molecule has 0 aromatic heterocycles. The largest absolute Gasteiger partial charge is 0.488 e. The molecule has 0 saturated heterocycles. The van der Waals surface area contributed by atoms with Crippen molar-refractivity contribution in [2.75, 3.05) is 0 Å². The highest BCUT2D eigenvalue weighted by Crippen LogP contribution is 2.50. The van der Waals surface area contributed by atoms with Crippen molar-refractivity contribution in [2.24, 2.45) is 10.2 Å². The summed E-state index contributed by atoms with van der Waals surface area (Å²) in [7, 11) is 0. The third-order valence-corrected chi connectivity index (χ3v) is 5.75. The Bertz CT molecular complexity index is 1460. The van der Waals surface area contributed by atoms with Crippen molar-refractivity contribution < 1.29 is 9.47 Å². The molecule has 0 N–H and O–H groups in total. The lowest BCUT2D eigenvalue weighted by Gasteiger charge is -2.16. The monoisotopic (exact) mass is 416 g/mol. The number of benzene rings is 5. The molecule has 0 unspecified atom stereocenters. The third-order valence-electron chi connectivity index (χ3n) is 5.75. The van der Waals surface area contributed by atoms with Crippen molar-refractivity contribution in [3.63, 3.8) is 0 Å². The van der Waals surface area contributed by atoms with Gasteiger partial charge in [0.05, 0.1) is 11.1 Å². The normalized spacial score (nSPS) is 11.9. The Morgan fingerprint density at radius 3 is 1.94 bits per heavy atom. The summed E-state index contributed by atoms with van der Waals surface area (Å²) in [6.45, 7) is 0.978. The quantitative estimate of drug-likeness (QED) is 0.259. The van der Waals surface area contributed by atoms with E-state index in [-0.39, 0.29) is 0 Å². The van der Waals surface area contributed by atoms with Crippen LogP contribution in [0.1, 0.15) is 11.1 Å². The lowest BCUT2D eigenvalue weighted by molar-refractivity contribution is 0.303. The molecule has 4 heteroatoms. The van der Waals surface area contributed by atoms with Gasteiger partial charge in [-0.3, -0.25) is 0 Å². The van der Waals surface area contributed by atoms with E-state index in [4.69, 9.17) is 9.47 Å². The number of ether oxygens (including phenoxy) is 2. The van der Waals surface area contributed by atoms with Gasteiger partial charge < -0.3 is 9.47 Å². The molecule has 0 amide bonds. The molecule has 4 nitrogen and oxygen atoms in total. The molecule has 6 rings (SSSR count). The second kappa shape index (κ2) is 7.82. The lowest BCUT2D eigenvalue weighted by atomic mass is 9.99. The van der Waals surface area contributed by atoms with Crippen LogP contribution in [-0.4, -0.2) is 0 Å². The molecular weight excluding hydrogens is 396 g/mol. The van der Waals surface area contributed by atoms with E-state index in [2.05, 4.69) is 46.6 Å². The summed E-state index contributed by atoms with van der Waals surface area (Å²) < 4.78 is 12.5. The van der Waals surface area contributed by atoms with Crippen LogP contribution in [0.15, 0.2) is 107 Å². The maximum atomic E-state index is 6.28. The van der Waals surface area contributed by atoms with Crippen LogP contribution in [0.25, 0.3) is 21.5 Å². The minimum atomic E-state index is 0.483. The van der Waals surface area contributed by atoms with Gasteiger partial charge in [0.25, 0.3) is 0 Å². The van der Waals surface area contributed by atoms with Crippen LogP contribution in [0, 0.1) is 0 Å². The van der Waals surface area contributed by atoms with E-state index in [1.807, 2.05) is 60.7 Å². The fourth-order valence-corrected chi connectivity index (χ4v) is 4.19. The lowest BCUT2D eigenvalue weighted by Crippen LogP contribution is -1.99. The first-order valence-corrected chi connectivity index (χ1v) is 10.6. The summed E-state index contributed by atoms with van der Waals surface area (Å²) in [4.78, 5) is 0. The first kappa shape index (κ1) is 18.6. The van der Waals surface area contributed by atoms with Gasteiger partial charge in [-0.05, 0) is 40.8 Å². The van der Waals surface area contributed by atoms with Gasteiger partial charge in [-0.2, -0.15) is 0 Å². The summed E-state index contributed by atoms with van der Waals surface area (Å²) in [6, 6.07) is 32.6. The molecule has 0 radical (unpaired) electrons. The third kappa shape index (κ3) is 3.26. The predicted octanol–water partition coefficient (Wildman–Crippen LogP) is 7.88. The van der Waals surface area contributed by atoms with Gasteiger partial charge in [0.1, 0.15) is 30.4 Å². The van der Waals surface area contributed by atoms with E-state index >= 15 is 0 Å². The smallest absolute Gasteiger partial charge is 0.130 e. The predicted molar refractivity (Wildman–Crippen MR) is 127 cm³/mol. The van der Waals surface area contributed by atoms with E-state index in [1.54, 1.807) is 0 Å². The number of nitrogens with zero attached hydrogens (tertiary/aromatic N) is 2. The van der Waals surface area contributed by atoms with E-state index in [0.29, 0.717) is 13.2 Å². The first-order valence-electron chi connectivity index (χ1n) is 10.6. The molecule has 0 saturated carbocycles. The van der Waals surface area contributed by atoms with Gasteiger partial charge in [0.15, 0.2) is 0 Å². The van der Waals surface area contributed by atoms with Crippen molar-refractivity contribution in [3.8, 4) is 11.5 Å². The van der Waals surface area contributed by atoms with E-state index in [9.17, 15) is 0 Å². The number of hydrogen-bond acceptors (Lipinski definition) is 4. The van der Waals surface area contributed by atoms with Crippen molar-refractivity contribution in [3.05, 3.63) is 108 Å². The Morgan fingerprint density at radius 2 is 1.22 bits per heavy atom. The number of fused-ring (bicyclic) bond motifs is 2. The average molecular weight is 416 g/mol. The second-order valence-corrected chi connectivity index (χ2v) is 7.83. The molecular formula is C28H20N2O2. The van der Waals surface area contributed by atoms with Gasteiger partial charge in [0, 0.05) is 10.8 Å². The van der Waals surface area contributed by atoms with Gasteiger partial charge in [0.2, 0.25) is 0 Å². The van der Waals surface area contributed by atoms with Crippen LogP contribution in [0.3, 0.4) is 0 Å². The standard InChI is InChI=1S/C28H20N2O2/c1-3-8-19(9-4-1)17-31-24-14-15-25(32-18-20-10-5-2-6-11-20)27-22(24)16-21-12-7-13-23-26(21)28(27)30-29-23/h1-16H,17-18H2. The molecule has 0 fully saturated rings. The molecule has 5 aromatic rings. The minimum Gasteiger partial charge on any atom is -0.488 e. The molecule has 5 aromatic carbocycles. The first-order chi connectivity index (χ1) is 15.9. The number of rotatable bonds is 6. The fourth-order valence-electron chi connectivity index (χ4n) is 4.19. The number of azo groups is 1. The van der Waals surface area contributed by atoms with E-state index in [1.165, 1.54) is 0 Å². The number of hydrogen-bond donors (Lipinski definition) is 0. The topological polar surface area (TPSA) is 43.2 Å². The van der Waals surface area contributed by atoms with Crippen LogP contribution in [0.4, 0.5) is 11.4 Å². The Hall–Kier alpha value is -4.18. The summed E-state index contributed by atoms with van der Waals surface area (Å²) in [5, 5.41) is 13.0.